The third-order valence-corrected chi connectivity index (χ3v) is 3.51. The normalized spacial score (nSPS) is 10.6. The van der Waals surface area contributed by atoms with Crippen molar-refractivity contribution in [2.45, 2.75) is 19.9 Å². The van der Waals surface area contributed by atoms with Gasteiger partial charge in [-0.1, -0.05) is 18.2 Å². The molecule has 0 aliphatic rings. The molecule has 2 N–H and O–H groups in total. The highest BCUT2D eigenvalue weighted by atomic mass is 19.1. The van der Waals surface area contributed by atoms with Crippen molar-refractivity contribution in [3.05, 3.63) is 71.6 Å². The third kappa shape index (κ3) is 4.32. The fraction of sp³-hybridized carbons (Fsp3) is 0.222. The number of hydrogen-bond acceptors (Lipinski definition) is 5. The summed E-state index contributed by atoms with van der Waals surface area (Å²) in [5.41, 5.74) is 1.53. The van der Waals surface area contributed by atoms with Crippen molar-refractivity contribution in [1.82, 2.24) is 9.97 Å². The van der Waals surface area contributed by atoms with E-state index in [-0.39, 0.29) is 5.82 Å². The van der Waals surface area contributed by atoms with Crippen LogP contribution in [0, 0.1) is 12.7 Å². The largest absolute Gasteiger partial charge is 0.467 e. The first-order valence-electron chi connectivity index (χ1n) is 7.80. The molecule has 0 bridgehead atoms. The Balaban J connectivity index is 1.58. The lowest BCUT2D eigenvalue weighted by molar-refractivity contribution is 0.517. The van der Waals surface area contributed by atoms with Gasteiger partial charge < -0.3 is 15.1 Å². The number of furan rings is 1. The lowest BCUT2D eigenvalue weighted by Gasteiger charge is -2.10. The molecule has 0 aliphatic carbocycles. The topological polar surface area (TPSA) is 63.0 Å². The number of hydrogen-bond donors (Lipinski definition) is 2. The van der Waals surface area contributed by atoms with Crippen molar-refractivity contribution in [1.29, 1.82) is 0 Å². The molecule has 124 valence electrons. The summed E-state index contributed by atoms with van der Waals surface area (Å²) in [4.78, 5) is 8.77. The standard InChI is InChI=1S/C18H19FN4O/c1-13-11-17(20-9-8-14-5-2-3-7-16(14)19)23-18(22-13)21-12-15-6-4-10-24-15/h2-7,10-11H,8-9,12H2,1H3,(H2,20,21,22,23). The summed E-state index contributed by atoms with van der Waals surface area (Å²) in [5, 5.41) is 6.34. The second-order valence-electron chi connectivity index (χ2n) is 5.42. The maximum atomic E-state index is 13.6. The summed E-state index contributed by atoms with van der Waals surface area (Å²) in [6.07, 6.45) is 2.22. The summed E-state index contributed by atoms with van der Waals surface area (Å²) >= 11 is 0. The van der Waals surface area contributed by atoms with E-state index in [1.807, 2.05) is 31.2 Å². The second-order valence-corrected chi connectivity index (χ2v) is 5.42. The van der Waals surface area contributed by atoms with Gasteiger partial charge in [-0.2, -0.15) is 4.98 Å². The Hall–Kier alpha value is -2.89. The fourth-order valence-electron chi connectivity index (χ4n) is 2.34. The van der Waals surface area contributed by atoms with E-state index < -0.39 is 0 Å². The van der Waals surface area contributed by atoms with Crippen LogP contribution in [0.3, 0.4) is 0 Å². The lowest BCUT2D eigenvalue weighted by Crippen LogP contribution is -2.10. The minimum absolute atomic E-state index is 0.182. The summed E-state index contributed by atoms with van der Waals surface area (Å²) < 4.78 is 18.9. The minimum atomic E-state index is -0.182. The van der Waals surface area contributed by atoms with Crippen molar-refractivity contribution in [3.63, 3.8) is 0 Å². The molecule has 6 heteroatoms. The molecule has 2 aromatic heterocycles. The van der Waals surface area contributed by atoms with Crippen LogP contribution in [-0.2, 0) is 13.0 Å². The molecular formula is C18H19FN4O. The Morgan fingerprint density at radius 2 is 1.96 bits per heavy atom. The molecule has 0 aliphatic heterocycles. The Bertz CT molecular complexity index is 789. The Morgan fingerprint density at radius 3 is 2.75 bits per heavy atom. The van der Waals surface area contributed by atoms with E-state index >= 15 is 0 Å². The van der Waals surface area contributed by atoms with Gasteiger partial charge >= 0.3 is 0 Å². The Kier molecular flexibility index (Phi) is 5.05. The molecule has 3 rings (SSSR count). The van der Waals surface area contributed by atoms with E-state index in [0.717, 1.165) is 11.5 Å². The molecule has 0 atom stereocenters. The van der Waals surface area contributed by atoms with Crippen molar-refractivity contribution in [2.75, 3.05) is 17.2 Å². The third-order valence-electron chi connectivity index (χ3n) is 3.51. The van der Waals surface area contributed by atoms with Crippen molar-refractivity contribution in [2.24, 2.45) is 0 Å². The molecule has 0 amide bonds. The van der Waals surface area contributed by atoms with Crippen molar-refractivity contribution in [3.8, 4) is 0 Å². The predicted octanol–water partition coefficient (Wildman–Crippen LogP) is 3.78. The lowest BCUT2D eigenvalue weighted by atomic mass is 10.1. The molecule has 1 aromatic carbocycles. The van der Waals surface area contributed by atoms with Crippen LogP contribution >= 0.6 is 0 Å². The summed E-state index contributed by atoms with van der Waals surface area (Å²) in [5.74, 6) is 1.87. The van der Waals surface area contributed by atoms with Gasteiger partial charge in [0.2, 0.25) is 5.95 Å². The molecular weight excluding hydrogens is 307 g/mol. The number of aryl methyl sites for hydroxylation is 1. The van der Waals surface area contributed by atoms with Crippen LogP contribution in [-0.4, -0.2) is 16.5 Å². The molecule has 0 saturated heterocycles. The summed E-state index contributed by atoms with van der Waals surface area (Å²) in [6, 6.07) is 12.4. The maximum Gasteiger partial charge on any atom is 0.225 e. The van der Waals surface area contributed by atoms with Gasteiger partial charge in [0.25, 0.3) is 0 Å². The molecule has 0 unspecified atom stereocenters. The minimum Gasteiger partial charge on any atom is -0.467 e. The zero-order chi connectivity index (χ0) is 16.8. The molecule has 0 radical (unpaired) electrons. The second kappa shape index (κ2) is 7.59. The molecule has 2 heterocycles. The number of rotatable bonds is 7. The summed E-state index contributed by atoms with van der Waals surface area (Å²) in [6.45, 7) is 3.02. The van der Waals surface area contributed by atoms with Crippen LogP contribution in [0.2, 0.25) is 0 Å². The van der Waals surface area contributed by atoms with Crippen molar-refractivity contribution < 1.29 is 8.81 Å². The smallest absolute Gasteiger partial charge is 0.225 e. The number of anilines is 2. The number of aromatic nitrogens is 2. The predicted molar refractivity (Wildman–Crippen MR) is 91.4 cm³/mol. The van der Waals surface area contributed by atoms with Gasteiger partial charge in [0.1, 0.15) is 17.4 Å². The molecule has 5 nitrogen and oxygen atoms in total. The maximum absolute atomic E-state index is 13.6. The monoisotopic (exact) mass is 326 g/mol. The number of benzene rings is 1. The molecule has 3 aromatic rings. The van der Waals surface area contributed by atoms with Crippen LogP contribution < -0.4 is 10.6 Å². The zero-order valence-electron chi connectivity index (χ0n) is 13.4. The van der Waals surface area contributed by atoms with Crippen LogP contribution in [0.25, 0.3) is 0 Å². The number of nitrogens with one attached hydrogen (secondary N) is 2. The Labute approximate surface area is 140 Å². The molecule has 0 saturated carbocycles. The molecule has 24 heavy (non-hydrogen) atoms. The van der Waals surface area contributed by atoms with Gasteiger partial charge in [0.15, 0.2) is 0 Å². The number of nitrogens with zero attached hydrogens (tertiary/aromatic N) is 2. The SMILES string of the molecule is Cc1cc(NCCc2ccccc2F)nc(NCc2ccco2)n1. The van der Waals surface area contributed by atoms with Crippen LogP contribution in [0.15, 0.2) is 53.1 Å². The average Bonchev–Trinajstić information content (AvgIpc) is 3.08. The Morgan fingerprint density at radius 1 is 1.08 bits per heavy atom. The quantitative estimate of drug-likeness (QED) is 0.692. The fourth-order valence-corrected chi connectivity index (χ4v) is 2.34. The van der Waals surface area contributed by atoms with Gasteiger partial charge in [0, 0.05) is 18.3 Å². The van der Waals surface area contributed by atoms with E-state index in [1.54, 1.807) is 18.4 Å². The van der Waals surface area contributed by atoms with Gasteiger partial charge in [-0.3, -0.25) is 0 Å². The van der Waals surface area contributed by atoms with Crippen LogP contribution in [0.5, 0.6) is 0 Å². The first-order chi connectivity index (χ1) is 11.7. The highest BCUT2D eigenvalue weighted by molar-refractivity contribution is 5.42. The first-order valence-corrected chi connectivity index (χ1v) is 7.80. The van der Waals surface area contributed by atoms with Crippen LogP contribution in [0.1, 0.15) is 17.0 Å². The first kappa shape index (κ1) is 16.0. The van der Waals surface area contributed by atoms with E-state index in [1.165, 1.54) is 6.07 Å². The van der Waals surface area contributed by atoms with E-state index in [2.05, 4.69) is 20.6 Å². The van der Waals surface area contributed by atoms with E-state index in [9.17, 15) is 4.39 Å². The van der Waals surface area contributed by atoms with Crippen LogP contribution in [0.4, 0.5) is 16.2 Å². The van der Waals surface area contributed by atoms with E-state index in [0.29, 0.717) is 36.8 Å². The van der Waals surface area contributed by atoms with Gasteiger partial charge in [0.05, 0.1) is 12.8 Å². The highest BCUT2D eigenvalue weighted by Gasteiger charge is 2.04. The van der Waals surface area contributed by atoms with Crippen molar-refractivity contribution >= 4 is 11.8 Å². The average molecular weight is 326 g/mol. The highest BCUT2D eigenvalue weighted by Crippen LogP contribution is 2.12. The molecule has 0 fully saturated rings. The number of halogens is 1. The van der Waals surface area contributed by atoms with Gasteiger partial charge in [-0.25, -0.2) is 9.37 Å². The zero-order valence-corrected chi connectivity index (χ0v) is 13.4. The summed E-state index contributed by atoms with van der Waals surface area (Å²) in [7, 11) is 0. The van der Waals surface area contributed by atoms with Gasteiger partial charge in [-0.05, 0) is 37.1 Å². The molecule has 0 spiro atoms. The van der Waals surface area contributed by atoms with Gasteiger partial charge in [-0.15, -0.1) is 0 Å². The van der Waals surface area contributed by atoms with E-state index in [4.69, 9.17) is 4.42 Å².